The van der Waals surface area contributed by atoms with Crippen LogP contribution in [0.1, 0.15) is 99.2 Å². The predicted octanol–water partition coefficient (Wildman–Crippen LogP) is 10.8. The summed E-state index contributed by atoms with van der Waals surface area (Å²) < 4.78 is 133. The summed E-state index contributed by atoms with van der Waals surface area (Å²) >= 11 is 0. The molecule has 0 aliphatic rings. The zero-order valence-electron chi connectivity index (χ0n) is 46.8. The van der Waals surface area contributed by atoms with E-state index in [0.717, 1.165) is 27.8 Å². The summed E-state index contributed by atoms with van der Waals surface area (Å²) in [5, 5.41) is 43.1. The SMILES string of the molecule is CC(=O)CCc1nc(-c2ccc(C)c(N)c2)no1.Cc1ccc(-c2noc(CCC(C)(O)C(F)(F)F)n2)cc1N.Cc1ccc(-c2noc(CC[C@@](C)(O)C(F)(F)F)n2)cc1N.Cc1ccc(-c2noc(CC[C@](C)(O)C(F)(F)F)n2)cc1N. The molecule has 20 nitrogen and oxygen atoms in total. The molecule has 0 saturated heterocycles. The van der Waals surface area contributed by atoms with Crippen LogP contribution in [0.3, 0.4) is 0 Å². The molecule has 4 aromatic heterocycles. The minimum Gasteiger partial charge on any atom is -0.398 e. The van der Waals surface area contributed by atoms with Crippen LogP contribution in [0.25, 0.3) is 45.6 Å². The van der Waals surface area contributed by atoms with Crippen LogP contribution in [-0.2, 0) is 30.5 Å². The molecule has 4 heterocycles. The Kier molecular flexibility index (Phi) is 21.2. The van der Waals surface area contributed by atoms with Crippen LogP contribution in [-0.4, -0.2) is 97.0 Å². The number of aryl methyl sites for hydroxylation is 8. The number of ketones is 1. The lowest BCUT2D eigenvalue weighted by Crippen LogP contribution is -2.42. The number of aromatic nitrogens is 8. The van der Waals surface area contributed by atoms with Gasteiger partial charge in [-0.2, -0.15) is 59.4 Å². The van der Waals surface area contributed by atoms with Crippen molar-refractivity contribution in [3.8, 4) is 45.6 Å². The second-order valence-electron chi connectivity index (χ2n) is 20.3. The largest absolute Gasteiger partial charge is 0.416 e. The van der Waals surface area contributed by atoms with Crippen molar-refractivity contribution in [1.82, 2.24) is 40.6 Å². The van der Waals surface area contributed by atoms with Crippen molar-refractivity contribution in [2.75, 3.05) is 22.9 Å². The smallest absolute Gasteiger partial charge is 0.398 e. The quantitative estimate of drug-likeness (QED) is 0.0349. The molecular formula is C55H63F9N12O8. The van der Waals surface area contributed by atoms with Crippen LogP contribution < -0.4 is 22.9 Å². The van der Waals surface area contributed by atoms with Gasteiger partial charge in [-0.05, 0) is 121 Å². The molecule has 0 aliphatic heterocycles. The molecule has 0 bridgehead atoms. The number of rotatable bonds is 16. The lowest BCUT2D eigenvalue weighted by atomic mass is 10.00. The molecule has 8 rings (SSSR count). The molecular weight excluding hydrogens is 1130 g/mol. The lowest BCUT2D eigenvalue weighted by Gasteiger charge is -2.25. The molecule has 4 aromatic carbocycles. The molecule has 0 spiro atoms. The first kappa shape index (κ1) is 66.4. The number of nitrogens with two attached hydrogens (primary N) is 4. The maximum atomic E-state index is 12.6. The summed E-state index contributed by atoms with van der Waals surface area (Å²) in [6.45, 7) is 11.2. The number of Topliss-reactive ketones (excluding diaryl/α,β-unsaturated/α-hetero) is 1. The molecule has 0 saturated carbocycles. The Morgan fingerprint density at radius 3 is 0.821 bits per heavy atom. The molecule has 8 aromatic rings. The van der Waals surface area contributed by atoms with E-state index in [0.29, 0.717) is 84.8 Å². The van der Waals surface area contributed by atoms with Crippen LogP contribution in [0.2, 0.25) is 0 Å². The van der Waals surface area contributed by atoms with Gasteiger partial charge >= 0.3 is 18.5 Å². The molecule has 84 heavy (non-hydrogen) atoms. The summed E-state index contributed by atoms with van der Waals surface area (Å²) in [5.74, 6) is 1.89. The van der Waals surface area contributed by atoms with Crippen LogP contribution in [0, 0.1) is 27.7 Å². The Bertz CT molecular complexity index is 3200. The number of nitrogens with zero attached hydrogens (tertiary/aromatic N) is 8. The van der Waals surface area contributed by atoms with Crippen LogP contribution in [0.15, 0.2) is 90.9 Å². The summed E-state index contributed by atoms with van der Waals surface area (Å²) in [5.41, 5.74) is 23.5. The molecule has 11 N–H and O–H groups in total. The number of halogens is 9. The Hall–Kier alpha value is -8.44. The molecule has 0 aliphatic carbocycles. The van der Waals surface area contributed by atoms with Gasteiger partial charge in [-0.15, -0.1) is 0 Å². The summed E-state index contributed by atoms with van der Waals surface area (Å²) in [7, 11) is 0. The van der Waals surface area contributed by atoms with Gasteiger partial charge in [0.05, 0.1) is 0 Å². The third-order valence-corrected chi connectivity index (χ3v) is 13.0. The molecule has 0 fully saturated rings. The molecule has 29 heteroatoms. The van der Waals surface area contributed by atoms with Crippen molar-refractivity contribution in [3.05, 3.63) is 119 Å². The minimum atomic E-state index is -4.71. The summed E-state index contributed by atoms with van der Waals surface area (Å²) in [4.78, 5) is 27.2. The van der Waals surface area contributed by atoms with Crippen molar-refractivity contribution in [2.45, 2.75) is 142 Å². The molecule has 0 radical (unpaired) electrons. The van der Waals surface area contributed by atoms with Crippen molar-refractivity contribution in [3.63, 3.8) is 0 Å². The zero-order valence-corrected chi connectivity index (χ0v) is 46.8. The molecule has 454 valence electrons. The highest BCUT2D eigenvalue weighted by Gasteiger charge is 2.51. The molecule has 3 atom stereocenters. The maximum absolute atomic E-state index is 12.6. The third-order valence-electron chi connectivity index (χ3n) is 13.0. The fraction of sp³-hybridized carbons (Fsp3) is 0.400. The highest BCUT2D eigenvalue weighted by Crippen LogP contribution is 2.36. The zero-order chi connectivity index (χ0) is 62.8. The van der Waals surface area contributed by atoms with Gasteiger partial charge in [0.2, 0.25) is 46.9 Å². The van der Waals surface area contributed by atoms with Gasteiger partial charge in [0.15, 0.2) is 16.8 Å². The third kappa shape index (κ3) is 18.3. The van der Waals surface area contributed by atoms with E-state index in [9.17, 15) is 59.6 Å². The van der Waals surface area contributed by atoms with Crippen LogP contribution in [0.5, 0.6) is 0 Å². The summed E-state index contributed by atoms with van der Waals surface area (Å²) in [6.07, 6.45) is -15.5. The predicted molar refractivity (Wildman–Crippen MR) is 290 cm³/mol. The number of benzene rings is 4. The first-order valence-electron chi connectivity index (χ1n) is 25.5. The van der Waals surface area contributed by atoms with Crippen LogP contribution >= 0.6 is 0 Å². The summed E-state index contributed by atoms with van der Waals surface area (Å²) in [6, 6.07) is 21.2. The second kappa shape index (κ2) is 26.9. The van der Waals surface area contributed by atoms with Gasteiger partial charge in [0.25, 0.3) is 0 Å². The van der Waals surface area contributed by atoms with E-state index in [1.165, 1.54) is 6.92 Å². The van der Waals surface area contributed by atoms with E-state index in [2.05, 4.69) is 40.6 Å². The number of carbonyl (C=O) groups is 1. The van der Waals surface area contributed by atoms with Crippen molar-refractivity contribution < 1.29 is 77.7 Å². The number of alkyl halides is 9. The Labute approximate surface area is 474 Å². The monoisotopic (exact) mass is 1190 g/mol. The van der Waals surface area contributed by atoms with E-state index >= 15 is 0 Å². The van der Waals surface area contributed by atoms with E-state index in [1.54, 1.807) is 54.6 Å². The number of anilines is 4. The number of carbonyl (C=O) groups excluding carboxylic acids is 1. The highest BCUT2D eigenvalue weighted by molar-refractivity contribution is 5.75. The Morgan fingerprint density at radius 2 is 0.631 bits per heavy atom. The lowest BCUT2D eigenvalue weighted by molar-refractivity contribution is -0.255. The van der Waals surface area contributed by atoms with Crippen molar-refractivity contribution >= 4 is 28.5 Å². The first-order chi connectivity index (χ1) is 38.9. The van der Waals surface area contributed by atoms with E-state index in [1.807, 2.05) is 45.9 Å². The fourth-order valence-electron chi connectivity index (χ4n) is 6.77. The number of aliphatic hydroxyl groups is 3. The average molecular weight is 1190 g/mol. The van der Waals surface area contributed by atoms with Crippen LogP contribution in [0.4, 0.5) is 62.3 Å². The Morgan fingerprint density at radius 1 is 0.417 bits per heavy atom. The number of nitrogen functional groups attached to an aromatic ring is 4. The normalized spacial score (nSPS) is 13.9. The number of hydrogen-bond acceptors (Lipinski definition) is 20. The van der Waals surface area contributed by atoms with Gasteiger partial charge in [0.1, 0.15) is 5.78 Å². The van der Waals surface area contributed by atoms with Gasteiger partial charge in [-0.3, -0.25) is 0 Å². The second-order valence-corrected chi connectivity index (χ2v) is 20.3. The standard InChI is InChI=1S/3C14H16F3N3O2.C13H15N3O2/c3*1-8-3-4-9(7-10(8)18)12-19-11(22-20-12)5-6-13(2,21)14(15,16)17;1-8-3-5-10(7-11(8)14)13-15-12(18-16-13)6-4-9(2)17/h3*3-4,7,21H,5-6,18H2,1-2H3;3,5,7H,4,6,14H2,1-2H3/t2*13-;;/m10../s1. The van der Waals surface area contributed by atoms with E-state index < -0.39 is 54.6 Å². The molecule has 0 amide bonds. The molecule has 1 unspecified atom stereocenters. The highest BCUT2D eigenvalue weighted by atomic mass is 19.4. The Balaban J connectivity index is 0.000000205. The fourth-order valence-corrected chi connectivity index (χ4v) is 6.77. The van der Waals surface area contributed by atoms with Crippen molar-refractivity contribution in [2.24, 2.45) is 0 Å². The minimum absolute atomic E-state index is 0.0265. The maximum Gasteiger partial charge on any atom is 0.416 e. The first-order valence-corrected chi connectivity index (χ1v) is 25.5. The number of hydrogen-bond donors (Lipinski definition) is 7. The van der Waals surface area contributed by atoms with Crippen molar-refractivity contribution in [1.29, 1.82) is 0 Å². The van der Waals surface area contributed by atoms with Gasteiger partial charge < -0.3 is 61.1 Å². The average Bonchev–Trinajstić information content (AvgIpc) is 4.46. The topological polar surface area (TPSA) is 338 Å². The van der Waals surface area contributed by atoms with E-state index in [4.69, 9.17) is 41.0 Å². The van der Waals surface area contributed by atoms with Gasteiger partial charge in [-0.1, -0.05) is 69.2 Å². The van der Waals surface area contributed by atoms with Gasteiger partial charge in [0, 0.05) is 77.1 Å². The van der Waals surface area contributed by atoms with E-state index in [-0.39, 0.29) is 60.2 Å². The van der Waals surface area contributed by atoms with Gasteiger partial charge in [-0.25, -0.2) is 0 Å².